The highest BCUT2D eigenvalue weighted by atomic mass is 16.3. The molecule has 564 valence electrons. The summed E-state index contributed by atoms with van der Waals surface area (Å²) in [5, 5.41) is 16.2. The quantitative estimate of drug-likeness (QED) is 0.124. The summed E-state index contributed by atoms with van der Waals surface area (Å²) in [6.45, 7) is 0. The first-order valence-corrected chi connectivity index (χ1v) is 40.6. The van der Waals surface area contributed by atoms with Crippen molar-refractivity contribution in [1.82, 2.24) is 39.0 Å². The van der Waals surface area contributed by atoms with Crippen LogP contribution < -0.4 is 0 Å². The Morgan fingerprint density at radius 2 is 0.537 bits per heavy atom. The lowest BCUT2D eigenvalue weighted by Crippen LogP contribution is -2.00. The van der Waals surface area contributed by atoms with E-state index in [0.29, 0.717) is 34.9 Å². The molecular formula is C110H66N8O3. The van der Waals surface area contributed by atoms with Gasteiger partial charge in [-0.3, -0.25) is 0 Å². The number of hydrogen-bond acceptors (Lipinski definition) is 9. The van der Waals surface area contributed by atoms with Crippen molar-refractivity contribution in [2.24, 2.45) is 0 Å². The lowest BCUT2D eigenvalue weighted by molar-refractivity contribution is 0.668. The largest absolute Gasteiger partial charge is 0.456 e. The number of benzene rings is 18. The minimum Gasteiger partial charge on any atom is -0.456 e. The predicted octanol–water partition coefficient (Wildman–Crippen LogP) is 28.9. The molecule has 0 fully saturated rings. The van der Waals surface area contributed by atoms with E-state index in [1.54, 1.807) is 0 Å². The van der Waals surface area contributed by atoms with Gasteiger partial charge in [0.2, 0.25) is 0 Å². The van der Waals surface area contributed by atoms with E-state index in [4.69, 9.17) is 43.2 Å². The van der Waals surface area contributed by atoms with Crippen LogP contribution in [0.15, 0.2) is 414 Å². The Kier molecular flexibility index (Phi) is 16.0. The van der Waals surface area contributed by atoms with E-state index in [-0.39, 0.29) is 0 Å². The third-order valence-electron chi connectivity index (χ3n) is 23.7. The van der Waals surface area contributed by atoms with E-state index in [0.717, 1.165) is 161 Å². The van der Waals surface area contributed by atoms with Crippen molar-refractivity contribution in [3.05, 3.63) is 400 Å². The molecule has 0 spiro atoms. The molecule has 11 heteroatoms. The van der Waals surface area contributed by atoms with Gasteiger partial charge in [-0.2, -0.15) is 0 Å². The first kappa shape index (κ1) is 68.9. The van der Waals surface area contributed by atoms with E-state index < -0.39 is 0 Å². The Balaban J connectivity index is 0.000000137. The normalized spacial score (nSPS) is 11.8. The molecule has 7 aromatic heterocycles. The zero-order valence-electron chi connectivity index (χ0n) is 64.9. The molecule has 25 rings (SSSR count). The van der Waals surface area contributed by atoms with Gasteiger partial charge in [0.05, 0.1) is 33.4 Å². The summed E-state index contributed by atoms with van der Waals surface area (Å²) in [5.41, 5.74) is 23.7. The smallest absolute Gasteiger partial charge is 0.164 e. The zero-order valence-corrected chi connectivity index (χ0v) is 64.9. The van der Waals surface area contributed by atoms with Crippen molar-refractivity contribution in [2.75, 3.05) is 0 Å². The molecule has 0 bridgehead atoms. The van der Waals surface area contributed by atoms with Gasteiger partial charge in [0, 0.05) is 105 Å². The summed E-state index contributed by atoms with van der Waals surface area (Å²) >= 11 is 0. The van der Waals surface area contributed by atoms with Gasteiger partial charge in [0.1, 0.15) is 33.5 Å². The topological polar surface area (TPSA) is 127 Å². The molecule has 18 aromatic carbocycles. The minimum absolute atomic E-state index is 0.577. The summed E-state index contributed by atoms with van der Waals surface area (Å²) in [6, 6.07) is 140. The van der Waals surface area contributed by atoms with Crippen molar-refractivity contribution in [1.29, 1.82) is 0 Å². The Hall–Kier alpha value is -16.5. The number of para-hydroxylation sites is 5. The van der Waals surface area contributed by atoms with Gasteiger partial charge in [0.25, 0.3) is 0 Å². The Morgan fingerprint density at radius 3 is 1.10 bits per heavy atom. The molecule has 0 unspecified atom stereocenters. The highest BCUT2D eigenvalue weighted by molar-refractivity contribution is 6.21. The Bertz CT molecular complexity index is 8460. The first-order chi connectivity index (χ1) is 59.9. The second-order valence-corrected chi connectivity index (χ2v) is 30.8. The zero-order chi connectivity index (χ0) is 79.6. The van der Waals surface area contributed by atoms with Crippen LogP contribution in [0, 0.1) is 0 Å². The van der Waals surface area contributed by atoms with E-state index in [2.05, 4.69) is 294 Å². The molecule has 0 aliphatic carbocycles. The maximum atomic E-state index is 6.66. The number of hydrogen-bond donors (Lipinski definition) is 0. The first-order valence-electron chi connectivity index (χ1n) is 40.6. The lowest BCUT2D eigenvalue weighted by atomic mass is 9.97. The molecular weight excluding hydrogens is 1480 g/mol. The maximum absolute atomic E-state index is 6.66. The van der Waals surface area contributed by atoms with Gasteiger partial charge in [0.15, 0.2) is 34.9 Å². The van der Waals surface area contributed by atoms with Crippen molar-refractivity contribution in [3.63, 3.8) is 0 Å². The number of rotatable bonds is 11. The highest BCUT2D eigenvalue weighted by Gasteiger charge is 2.25. The Morgan fingerprint density at radius 1 is 0.174 bits per heavy atom. The molecule has 0 radical (unpaired) electrons. The summed E-state index contributed by atoms with van der Waals surface area (Å²) in [6.07, 6.45) is 0. The molecule has 11 nitrogen and oxygen atoms in total. The number of aromatic nitrogens is 8. The third-order valence-corrected chi connectivity index (χ3v) is 23.7. The lowest BCUT2D eigenvalue weighted by Gasteiger charge is -2.13. The van der Waals surface area contributed by atoms with Crippen LogP contribution in [0.1, 0.15) is 0 Å². The third kappa shape index (κ3) is 11.8. The standard InChI is InChI=1S/C55H32N4O2.C55H34N4O/c1-2-12-34(13-3-1)53-56-54(58-55(57-53)38-26-27-42-41-17-7-10-20-48(41)60-50(42)30-38)35-24-22-33(23-25-35)44-31-39(32-51-52(44)43-18-8-11-21-49(43)61-51)59-46-19-9-6-16-40(46)45-28-36-14-4-5-15-37(36)29-47(45)59;1-3-14-35(15-4-1)40-19-13-20-41(32-40)55-57-53(38-17-5-2-6-18-38)56-54(58-55)39-28-26-37(27-29-39)47-33-42(34-50-51(47)46-23-10-12-25-49(46)60-50)59-48-24-11-9-22-44(48)45-31-30-36-16-7-8-21-43(36)52(45)59/h1-32H;1-34H. The molecule has 0 atom stereocenters. The van der Waals surface area contributed by atoms with E-state index in [1.807, 2.05) is 115 Å². The Labute approximate surface area is 692 Å². The van der Waals surface area contributed by atoms with Gasteiger partial charge >= 0.3 is 0 Å². The summed E-state index contributed by atoms with van der Waals surface area (Å²) < 4.78 is 24.4. The van der Waals surface area contributed by atoms with Crippen molar-refractivity contribution in [3.8, 4) is 113 Å². The van der Waals surface area contributed by atoms with Crippen molar-refractivity contribution in [2.45, 2.75) is 0 Å². The van der Waals surface area contributed by atoms with Crippen LogP contribution in [0.5, 0.6) is 0 Å². The molecule has 121 heavy (non-hydrogen) atoms. The fraction of sp³-hybridized carbons (Fsp3) is 0. The minimum atomic E-state index is 0.577. The van der Waals surface area contributed by atoms with Crippen LogP contribution in [-0.4, -0.2) is 39.0 Å². The van der Waals surface area contributed by atoms with Crippen LogP contribution in [0.2, 0.25) is 0 Å². The molecule has 7 heterocycles. The van der Waals surface area contributed by atoms with Gasteiger partial charge in [-0.15, -0.1) is 0 Å². The molecule has 0 aliphatic heterocycles. The average Bonchev–Trinajstić information content (AvgIpc) is 1.57. The van der Waals surface area contributed by atoms with E-state index >= 15 is 0 Å². The molecule has 0 saturated carbocycles. The van der Waals surface area contributed by atoms with Crippen molar-refractivity contribution < 1.29 is 13.3 Å². The van der Waals surface area contributed by atoms with Gasteiger partial charge in [-0.05, 0) is 122 Å². The van der Waals surface area contributed by atoms with E-state index in [1.165, 1.54) is 48.6 Å². The summed E-state index contributed by atoms with van der Waals surface area (Å²) in [4.78, 5) is 30.3. The van der Waals surface area contributed by atoms with E-state index in [9.17, 15) is 0 Å². The number of nitrogens with zero attached hydrogens (tertiary/aromatic N) is 8. The number of fused-ring (bicyclic) bond motifs is 18. The van der Waals surface area contributed by atoms with Crippen LogP contribution in [0.3, 0.4) is 0 Å². The molecule has 0 amide bonds. The van der Waals surface area contributed by atoms with Crippen molar-refractivity contribution >= 4 is 131 Å². The monoisotopic (exact) mass is 1550 g/mol. The number of furan rings is 3. The van der Waals surface area contributed by atoms with Gasteiger partial charge in [-0.25, -0.2) is 29.9 Å². The van der Waals surface area contributed by atoms with Crippen LogP contribution in [-0.2, 0) is 0 Å². The molecule has 25 aromatic rings. The fourth-order valence-corrected chi connectivity index (χ4v) is 18.0. The molecule has 0 saturated heterocycles. The SMILES string of the molecule is c1ccc(-c2cccc(-c3nc(-c4ccccc4)nc(-c4ccc(-c5cc(-n6c7ccccc7c7ccc8ccccc8c76)cc6oc7ccccc7c56)cc4)n3)c2)cc1.c1ccc(-c2nc(-c3ccc(-c4cc(-n5c6ccccc6c6cc7ccccc7cc65)cc5oc6ccccc6c45)cc3)nc(-c3ccc4c(c3)oc3ccccc34)n2)cc1. The second-order valence-electron chi connectivity index (χ2n) is 30.8. The molecule has 0 aliphatic rings. The predicted molar refractivity (Wildman–Crippen MR) is 494 cm³/mol. The average molecular weight is 1550 g/mol. The van der Waals surface area contributed by atoms with Gasteiger partial charge < -0.3 is 22.4 Å². The van der Waals surface area contributed by atoms with Crippen LogP contribution >= 0.6 is 0 Å². The second kappa shape index (κ2) is 28.2. The van der Waals surface area contributed by atoms with Gasteiger partial charge in [-0.1, -0.05) is 315 Å². The van der Waals surface area contributed by atoms with Crippen LogP contribution in [0.4, 0.5) is 0 Å². The maximum Gasteiger partial charge on any atom is 0.164 e. The molecule has 0 N–H and O–H groups in total. The highest BCUT2D eigenvalue weighted by Crippen LogP contribution is 2.46. The summed E-state index contributed by atoms with van der Waals surface area (Å²) in [5.74, 6) is 3.63. The fourth-order valence-electron chi connectivity index (χ4n) is 18.0. The van der Waals surface area contributed by atoms with Crippen LogP contribution in [0.25, 0.3) is 244 Å². The summed E-state index contributed by atoms with van der Waals surface area (Å²) in [7, 11) is 0.